The maximum absolute atomic E-state index is 12.9. The highest BCUT2D eigenvalue weighted by Crippen LogP contribution is 2.36. The van der Waals surface area contributed by atoms with Crippen molar-refractivity contribution in [1.29, 1.82) is 0 Å². The number of amides is 1. The molecule has 0 unspecified atom stereocenters. The second-order valence-corrected chi connectivity index (χ2v) is 5.96. The molecular weight excluding hydrogens is 402 g/mol. The molecule has 0 fully saturated rings. The Balaban J connectivity index is 1.84. The Bertz CT molecular complexity index is 979. The van der Waals surface area contributed by atoms with Crippen LogP contribution in [0.15, 0.2) is 54.7 Å². The molecule has 5 nitrogen and oxygen atoms in total. The molecule has 0 bridgehead atoms. The van der Waals surface area contributed by atoms with Gasteiger partial charge in [0.1, 0.15) is 0 Å². The van der Waals surface area contributed by atoms with Crippen LogP contribution in [-0.2, 0) is 18.9 Å². The number of aromatic nitrogens is 3. The van der Waals surface area contributed by atoms with Gasteiger partial charge in [0.25, 0.3) is 5.91 Å². The minimum absolute atomic E-state index is 0.0275. The van der Waals surface area contributed by atoms with Crippen LogP contribution < -0.4 is 5.32 Å². The SMILES string of the molecule is O=C(NCc1cc(C(F)(F)F)cc(C(F)(F)F)c1)c1cnnn1-c1ccccc1. The van der Waals surface area contributed by atoms with E-state index in [0.29, 0.717) is 17.8 Å². The monoisotopic (exact) mass is 414 g/mol. The molecule has 0 spiro atoms. The lowest BCUT2D eigenvalue weighted by atomic mass is 10.0. The minimum Gasteiger partial charge on any atom is -0.347 e. The molecule has 29 heavy (non-hydrogen) atoms. The third-order valence-electron chi connectivity index (χ3n) is 3.88. The summed E-state index contributed by atoms with van der Waals surface area (Å²) in [5.74, 6) is -0.759. The van der Waals surface area contributed by atoms with Gasteiger partial charge < -0.3 is 5.32 Å². The third-order valence-corrected chi connectivity index (χ3v) is 3.88. The normalized spacial score (nSPS) is 12.1. The van der Waals surface area contributed by atoms with Gasteiger partial charge in [-0.2, -0.15) is 26.3 Å². The lowest BCUT2D eigenvalue weighted by molar-refractivity contribution is -0.143. The van der Waals surface area contributed by atoms with E-state index in [1.54, 1.807) is 30.3 Å². The molecule has 1 heterocycles. The summed E-state index contributed by atoms with van der Waals surface area (Å²) in [6.45, 7) is -0.550. The molecule has 0 saturated heterocycles. The van der Waals surface area contributed by atoms with Gasteiger partial charge in [-0.15, -0.1) is 5.10 Å². The van der Waals surface area contributed by atoms with E-state index in [1.165, 1.54) is 4.68 Å². The first-order valence-electron chi connectivity index (χ1n) is 8.08. The average Bonchev–Trinajstić information content (AvgIpc) is 3.15. The molecule has 0 aliphatic carbocycles. The van der Waals surface area contributed by atoms with Gasteiger partial charge in [0.2, 0.25) is 0 Å². The Hall–Kier alpha value is -3.37. The lowest BCUT2D eigenvalue weighted by Crippen LogP contribution is -2.26. The number of hydrogen-bond acceptors (Lipinski definition) is 3. The second-order valence-electron chi connectivity index (χ2n) is 5.96. The number of hydrogen-bond donors (Lipinski definition) is 1. The maximum Gasteiger partial charge on any atom is 0.416 e. The molecule has 1 N–H and O–H groups in total. The number of rotatable bonds is 4. The zero-order valence-corrected chi connectivity index (χ0v) is 14.4. The van der Waals surface area contributed by atoms with E-state index in [9.17, 15) is 31.1 Å². The third kappa shape index (κ3) is 4.73. The first kappa shape index (κ1) is 20.4. The van der Waals surface area contributed by atoms with E-state index in [1.807, 2.05) is 0 Å². The summed E-state index contributed by atoms with van der Waals surface area (Å²) < 4.78 is 78.7. The number of para-hydroxylation sites is 1. The summed E-state index contributed by atoms with van der Waals surface area (Å²) in [5.41, 5.74) is -2.77. The van der Waals surface area contributed by atoms with E-state index in [4.69, 9.17) is 0 Å². The smallest absolute Gasteiger partial charge is 0.347 e. The fourth-order valence-electron chi connectivity index (χ4n) is 2.54. The van der Waals surface area contributed by atoms with Crippen molar-refractivity contribution in [1.82, 2.24) is 20.3 Å². The number of carbonyl (C=O) groups excluding carboxylic acids is 1. The van der Waals surface area contributed by atoms with Gasteiger partial charge in [-0.25, -0.2) is 4.68 Å². The molecular formula is C18H12F6N4O. The summed E-state index contributed by atoms with van der Waals surface area (Å²) >= 11 is 0. The highest BCUT2D eigenvalue weighted by atomic mass is 19.4. The van der Waals surface area contributed by atoms with Gasteiger partial charge in [0, 0.05) is 6.54 Å². The highest BCUT2D eigenvalue weighted by Gasteiger charge is 2.36. The fourth-order valence-corrected chi connectivity index (χ4v) is 2.54. The van der Waals surface area contributed by atoms with E-state index in [-0.39, 0.29) is 17.3 Å². The Labute approximate surface area is 160 Å². The molecule has 0 saturated carbocycles. The maximum atomic E-state index is 12.9. The average molecular weight is 414 g/mol. The molecule has 3 aromatic rings. The van der Waals surface area contributed by atoms with Crippen LogP contribution in [0.5, 0.6) is 0 Å². The first-order chi connectivity index (χ1) is 13.6. The van der Waals surface area contributed by atoms with E-state index < -0.39 is 35.9 Å². The van der Waals surface area contributed by atoms with Gasteiger partial charge >= 0.3 is 12.4 Å². The molecule has 152 valence electrons. The Morgan fingerprint density at radius 1 is 0.931 bits per heavy atom. The fraction of sp³-hybridized carbons (Fsp3) is 0.167. The second kappa shape index (κ2) is 7.57. The zero-order valence-electron chi connectivity index (χ0n) is 14.4. The van der Waals surface area contributed by atoms with E-state index in [0.717, 1.165) is 6.20 Å². The van der Waals surface area contributed by atoms with Gasteiger partial charge in [-0.1, -0.05) is 23.4 Å². The molecule has 0 radical (unpaired) electrons. The Kier molecular flexibility index (Phi) is 5.31. The van der Waals surface area contributed by atoms with Gasteiger partial charge in [0.15, 0.2) is 5.69 Å². The number of nitrogens with zero attached hydrogens (tertiary/aromatic N) is 3. The van der Waals surface area contributed by atoms with Crippen LogP contribution in [0, 0.1) is 0 Å². The molecule has 0 aliphatic rings. The summed E-state index contributed by atoms with van der Waals surface area (Å²) in [4.78, 5) is 12.4. The van der Waals surface area contributed by atoms with Crippen LogP contribution in [0.2, 0.25) is 0 Å². The molecule has 3 rings (SSSR count). The van der Waals surface area contributed by atoms with Crippen LogP contribution in [0.1, 0.15) is 27.2 Å². The quantitative estimate of drug-likeness (QED) is 0.650. The van der Waals surface area contributed by atoms with Crippen molar-refractivity contribution in [3.63, 3.8) is 0 Å². The Morgan fingerprint density at radius 2 is 1.52 bits per heavy atom. The van der Waals surface area contributed by atoms with Crippen LogP contribution in [0.25, 0.3) is 5.69 Å². The summed E-state index contributed by atoms with van der Waals surface area (Å²) in [7, 11) is 0. The van der Waals surface area contributed by atoms with Gasteiger partial charge in [-0.3, -0.25) is 4.79 Å². The molecule has 0 atom stereocenters. The molecule has 1 amide bonds. The predicted molar refractivity (Wildman–Crippen MR) is 89.0 cm³/mol. The highest BCUT2D eigenvalue weighted by molar-refractivity contribution is 5.92. The van der Waals surface area contributed by atoms with Crippen molar-refractivity contribution in [3.05, 3.63) is 77.1 Å². The van der Waals surface area contributed by atoms with Crippen molar-refractivity contribution in [2.75, 3.05) is 0 Å². The summed E-state index contributed by atoms with van der Waals surface area (Å²) in [6.07, 6.45) is -8.79. The topological polar surface area (TPSA) is 59.8 Å². The van der Waals surface area contributed by atoms with Gasteiger partial charge in [-0.05, 0) is 35.9 Å². The number of nitrogens with one attached hydrogen (secondary N) is 1. The number of alkyl halides is 6. The predicted octanol–water partition coefficient (Wildman–Crippen LogP) is 4.23. The molecule has 11 heteroatoms. The number of carbonyl (C=O) groups is 1. The van der Waals surface area contributed by atoms with Crippen LogP contribution in [0.4, 0.5) is 26.3 Å². The lowest BCUT2D eigenvalue weighted by Gasteiger charge is -2.14. The number of benzene rings is 2. The Morgan fingerprint density at radius 3 is 2.07 bits per heavy atom. The largest absolute Gasteiger partial charge is 0.416 e. The number of halogens is 6. The van der Waals surface area contributed by atoms with Gasteiger partial charge in [0.05, 0.1) is 23.0 Å². The van der Waals surface area contributed by atoms with Crippen LogP contribution >= 0.6 is 0 Å². The first-order valence-corrected chi connectivity index (χ1v) is 8.08. The van der Waals surface area contributed by atoms with Crippen molar-refractivity contribution >= 4 is 5.91 Å². The van der Waals surface area contributed by atoms with Crippen molar-refractivity contribution in [2.24, 2.45) is 0 Å². The molecule has 2 aromatic carbocycles. The van der Waals surface area contributed by atoms with Crippen LogP contribution in [-0.4, -0.2) is 20.9 Å². The zero-order chi connectivity index (χ0) is 21.2. The molecule has 0 aliphatic heterocycles. The standard InChI is InChI=1S/C18H12F6N4O/c19-17(20,21)12-6-11(7-13(8-12)18(22,23)24)9-25-16(29)15-10-26-27-28(15)14-4-2-1-3-5-14/h1-8,10H,9H2,(H,25,29). The van der Waals surface area contributed by atoms with Crippen molar-refractivity contribution in [3.8, 4) is 5.69 Å². The van der Waals surface area contributed by atoms with E-state index in [2.05, 4.69) is 15.6 Å². The molecule has 1 aromatic heterocycles. The van der Waals surface area contributed by atoms with E-state index >= 15 is 0 Å². The minimum atomic E-state index is -4.96. The van der Waals surface area contributed by atoms with Crippen molar-refractivity contribution in [2.45, 2.75) is 18.9 Å². The van der Waals surface area contributed by atoms with Crippen molar-refractivity contribution < 1.29 is 31.1 Å². The summed E-state index contributed by atoms with van der Waals surface area (Å²) in [6, 6.07) is 9.57. The van der Waals surface area contributed by atoms with Crippen LogP contribution in [0.3, 0.4) is 0 Å². The summed E-state index contributed by atoms with van der Waals surface area (Å²) in [5, 5.41) is 9.68.